The van der Waals surface area contributed by atoms with Crippen LogP contribution in [0, 0.1) is 0 Å². The van der Waals surface area contributed by atoms with Gasteiger partial charge in [0.25, 0.3) is 0 Å². The number of unbranched alkanes of at least 4 members (excludes halogenated alkanes) is 1. The Morgan fingerprint density at radius 3 is 2.29 bits per heavy atom. The monoisotopic (exact) mass is 306 g/mol. The van der Waals surface area contributed by atoms with Crippen LogP contribution in [0.25, 0.3) is 0 Å². The smallest absolute Gasteiger partial charge is 0.0294 e. The maximum Gasteiger partial charge on any atom is 0.0294 e. The average molecular weight is 306 g/mol. The van der Waals surface area contributed by atoms with E-state index in [0.717, 1.165) is 25.8 Å². The Morgan fingerprint density at radius 2 is 1.71 bits per heavy atom. The quantitative estimate of drug-likeness (QED) is 0.648. The van der Waals surface area contributed by atoms with E-state index in [1.165, 1.54) is 5.56 Å². The van der Waals surface area contributed by atoms with E-state index in [2.05, 4.69) is 12.1 Å². The molecule has 0 amide bonds. The molecule has 14 heavy (non-hydrogen) atoms. The van der Waals surface area contributed by atoms with Gasteiger partial charge in [-0.2, -0.15) is 0 Å². The molecule has 0 spiro atoms. The van der Waals surface area contributed by atoms with Gasteiger partial charge in [0.05, 0.1) is 0 Å². The Labute approximate surface area is 103 Å². The van der Waals surface area contributed by atoms with Gasteiger partial charge in [-0.1, -0.05) is 36.8 Å². The predicted molar refractivity (Wildman–Crippen MR) is 71.7 cm³/mol. The van der Waals surface area contributed by atoms with Crippen LogP contribution in [-0.4, -0.2) is 6.54 Å². The van der Waals surface area contributed by atoms with Gasteiger partial charge in [-0.05, 0) is 24.9 Å². The van der Waals surface area contributed by atoms with Gasteiger partial charge < -0.3 is 11.5 Å². The van der Waals surface area contributed by atoms with Crippen molar-refractivity contribution in [2.45, 2.75) is 25.3 Å². The molecule has 0 bridgehead atoms. The molecule has 1 aromatic rings. The molecule has 2 nitrogen and oxygen atoms in total. The normalized spacial score (nSPS) is 11.9. The van der Waals surface area contributed by atoms with Crippen molar-refractivity contribution in [1.82, 2.24) is 0 Å². The first-order chi connectivity index (χ1) is 6.34. The second-order valence-corrected chi connectivity index (χ2v) is 3.30. The summed E-state index contributed by atoms with van der Waals surface area (Å²) in [6, 6.07) is 10.4. The summed E-state index contributed by atoms with van der Waals surface area (Å²) in [4.78, 5) is 0. The highest BCUT2D eigenvalue weighted by molar-refractivity contribution is 14.0. The standard InChI is InChI=1S/C11H18N2.HI/c12-9-5-4-8-11(13)10-6-2-1-3-7-10;/h1-3,6-7,11H,4-5,8-9,12-13H2;1H. The Morgan fingerprint density at radius 1 is 1.07 bits per heavy atom. The lowest BCUT2D eigenvalue weighted by Crippen LogP contribution is -2.10. The van der Waals surface area contributed by atoms with Crippen molar-refractivity contribution in [1.29, 1.82) is 0 Å². The first-order valence-corrected chi connectivity index (χ1v) is 4.85. The van der Waals surface area contributed by atoms with Crippen molar-refractivity contribution in [3.05, 3.63) is 35.9 Å². The third-order valence-electron chi connectivity index (χ3n) is 2.20. The highest BCUT2D eigenvalue weighted by atomic mass is 127. The molecule has 0 fully saturated rings. The first-order valence-electron chi connectivity index (χ1n) is 4.85. The van der Waals surface area contributed by atoms with Crippen molar-refractivity contribution in [2.75, 3.05) is 6.54 Å². The lowest BCUT2D eigenvalue weighted by Gasteiger charge is -2.10. The summed E-state index contributed by atoms with van der Waals surface area (Å²) in [6.07, 6.45) is 3.22. The van der Waals surface area contributed by atoms with Crippen LogP contribution in [-0.2, 0) is 0 Å². The maximum atomic E-state index is 5.99. The number of hydrogen-bond donors (Lipinski definition) is 2. The Kier molecular flexibility index (Phi) is 8.12. The lowest BCUT2D eigenvalue weighted by molar-refractivity contribution is 0.591. The average Bonchev–Trinajstić information content (AvgIpc) is 2.19. The Bertz CT molecular complexity index is 226. The molecule has 0 aromatic heterocycles. The third-order valence-corrected chi connectivity index (χ3v) is 2.20. The zero-order chi connectivity index (χ0) is 9.52. The van der Waals surface area contributed by atoms with Gasteiger partial charge in [0.2, 0.25) is 0 Å². The Hall–Kier alpha value is -0.130. The van der Waals surface area contributed by atoms with E-state index in [4.69, 9.17) is 11.5 Å². The van der Waals surface area contributed by atoms with Crippen molar-refractivity contribution >= 4 is 24.0 Å². The fraction of sp³-hybridized carbons (Fsp3) is 0.455. The molecule has 0 saturated carbocycles. The summed E-state index contributed by atoms with van der Waals surface area (Å²) in [5.41, 5.74) is 12.6. The molecule has 3 heteroatoms. The Balaban J connectivity index is 0.00000169. The second kappa shape index (κ2) is 8.20. The molecule has 80 valence electrons. The zero-order valence-corrected chi connectivity index (χ0v) is 10.7. The fourth-order valence-corrected chi connectivity index (χ4v) is 1.38. The minimum Gasteiger partial charge on any atom is -0.330 e. The summed E-state index contributed by atoms with van der Waals surface area (Å²) in [7, 11) is 0. The van der Waals surface area contributed by atoms with Gasteiger partial charge in [0.15, 0.2) is 0 Å². The van der Waals surface area contributed by atoms with Crippen molar-refractivity contribution < 1.29 is 0 Å². The molecule has 1 aromatic carbocycles. The van der Waals surface area contributed by atoms with E-state index in [-0.39, 0.29) is 30.0 Å². The predicted octanol–water partition coefficient (Wildman–Crippen LogP) is 2.43. The molecule has 1 unspecified atom stereocenters. The number of halogens is 1. The van der Waals surface area contributed by atoms with Crippen LogP contribution in [0.4, 0.5) is 0 Å². The summed E-state index contributed by atoms with van der Waals surface area (Å²) < 4.78 is 0. The number of nitrogens with two attached hydrogens (primary N) is 2. The van der Waals surface area contributed by atoms with Crippen molar-refractivity contribution in [2.24, 2.45) is 11.5 Å². The molecule has 0 aliphatic rings. The SMILES string of the molecule is I.NCCCCC(N)c1ccccc1. The third kappa shape index (κ3) is 4.93. The molecule has 1 atom stereocenters. The van der Waals surface area contributed by atoms with Crippen LogP contribution in [0.5, 0.6) is 0 Å². The molecule has 0 radical (unpaired) electrons. The highest BCUT2D eigenvalue weighted by Crippen LogP contribution is 2.15. The fourth-order valence-electron chi connectivity index (χ4n) is 1.38. The van der Waals surface area contributed by atoms with E-state index in [0.29, 0.717) is 0 Å². The van der Waals surface area contributed by atoms with Gasteiger partial charge in [0, 0.05) is 6.04 Å². The van der Waals surface area contributed by atoms with E-state index in [1.54, 1.807) is 0 Å². The van der Waals surface area contributed by atoms with Crippen LogP contribution >= 0.6 is 24.0 Å². The number of hydrogen-bond acceptors (Lipinski definition) is 2. The second-order valence-electron chi connectivity index (χ2n) is 3.30. The highest BCUT2D eigenvalue weighted by Gasteiger charge is 2.03. The summed E-state index contributed by atoms with van der Waals surface area (Å²) in [6.45, 7) is 0.765. The zero-order valence-electron chi connectivity index (χ0n) is 8.36. The molecule has 0 aliphatic heterocycles. The molecule has 0 heterocycles. The van der Waals surface area contributed by atoms with E-state index < -0.39 is 0 Å². The van der Waals surface area contributed by atoms with Crippen LogP contribution in [0.1, 0.15) is 30.9 Å². The van der Waals surface area contributed by atoms with Crippen LogP contribution < -0.4 is 11.5 Å². The van der Waals surface area contributed by atoms with E-state index in [1.807, 2.05) is 18.2 Å². The molecular weight excluding hydrogens is 287 g/mol. The van der Waals surface area contributed by atoms with Gasteiger partial charge in [-0.15, -0.1) is 24.0 Å². The van der Waals surface area contributed by atoms with Crippen molar-refractivity contribution in [3.63, 3.8) is 0 Å². The minimum absolute atomic E-state index is 0. The summed E-state index contributed by atoms with van der Waals surface area (Å²) in [5, 5.41) is 0. The molecule has 0 aliphatic carbocycles. The topological polar surface area (TPSA) is 52.0 Å². The van der Waals surface area contributed by atoms with Gasteiger partial charge in [-0.25, -0.2) is 0 Å². The molecule has 1 rings (SSSR count). The number of rotatable bonds is 5. The largest absolute Gasteiger partial charge is 0.330 e. The van der Waals surface area contributed by atoms with Gasteiger partial charge in [-0.3, -0.25) is 0 Å². The molecule has 0 saturated heterocycles. The van der Waals surface area contributed by atoms with E-state index >= 15 is 0 Å². The van der Waals surface area contributed by atoms with Crippen molar-refractivity contribution in [3.8, 4) is 0 Å². The summed E-state index contributed by atoms with van der Waals surface area (Å²) >= 11 is 0. The lowest BCUT2D eigenvalue weighted by atomic mass is 10.0. The van der Waals surface area contributed by atoms with E-state index in [9.17, 15) is 0 Å². The summed E-state index contributed by atoms with van der Waals surface area (Å²) in [5.74, 6) is 0. The van der Waals surface area contributed by atoms with Crippen LogP contribution in [0.15, 0.2) is 30.3 Å². The van der Waals surface area contributed by atoms with Gasteiger partial charge in [0.1, 0.15) is 0 Å². The first kappa shape index (κ1) is 13.9. The van der Waals surface area contributed by atoms with Gasteiger partial charge >= 0.3 is 0 Å². The maximum absolute atomic E-state index is 5.99. The van der Waals surface area contributed by atoms with Crippen LogP contribution in [0.2, 0.25) is 0 Å². The molecular formula is C11H19IN2. The van der Waals surface area contributed by atoms with Crippen LogP contribution in [0.3, 0.4) is 0 Å². The molecule has 4 N–H and O–H groups in total. The minimum atomic E-state index is 0. The number of benzene rings is 1.